The number of ether oxygens (including phenoxy) is 1. The first-order valence-electron chi connectivity index (χ1n) is 16.9. The molecular weight excluding hydrogens is 609 g/mol. The zero-order chi connectivity index (χ0) is 33.6. The summed E-state index contributed by atoms with van der Waals surface area (Å²) in [4.78, 5) is 14.2. The monoisotopic (exact) mass is 656 g/mol. The highest BCUT2D eigenvalue weighted by atomic mass is 32.2. The topological polar surface area (TPSA) is 88.8 Å². The van der Waals surface area contributed by atoms with Crippen molar-refractivity contribution in [3.8, 4) is 0 Å². The van der Waals surface area contributed by atoms with Crippen LogP contribution in [0, 0.1) is 12.8 Å². The summed E-state index contributed by atoms with van der Waals surface area (Å²) >= 11 is 0. The van der Waals surface area contributed by atoms with E-state index in [1.165, 1.54) is 15.4 Å². The Hall–Kier alpha value is -3.46. The molecule has 8 heteroatoms. The van der Waals surface area contributed by atoms with Gasteiger partial charge in [0.2, 0.25) is 10.0 Å². The van der Waals surface area contributed by atoms with E-state index < -0.39 is 20.9 Å². The number of aliphatic hydroxyl groups excluding tert-OH is 1. The lowest BCUT2D eigenvalue weighted by Gasteiger charge is -2.31. The number of aryl methyl sites for hydroxylation is 2. The van der Waals surface area contributed by atoms with Crippen molar-refractivity contribution in [2.45, 2.75) is 89.0 Å². The Kier molecular flexibility index (Phi) is 9.15. The fourth-order valence-electron chi connectivity index (χ4n) is 7.72. The van der Waals surface area contributed by atoms with Gasteiger partial charge in [0, 0.05) is 49.2 Å². The molecular formula is C39H48N2O5S. The molecule has 1 aromatic heterocycles. The molecule has 7 nitrogen and oxygen atoms in total. The van der Waals surface area contributed by atoms with Crippen molar-refractivity contribution in [1.82, 2.24) is 4.57 Å². The van der Waals surface area contributed by atoms with Crippen LogP contribution in [0.5, 0.6) is 0 Å². The van der Waals surface area contributed by atoms with Crippen molar-refractivity contribution in [2.24, 2.45) is 5.92 Å². The van der Waals surface area contributed by atoms with Gasteiger partial charge in [0.25, 0.3) is 0 Å². The van der Waals surface area contributed by atoms with E-state index in [-0.39, 0.29) is 23.5 Å². The Morgan fingerprint density at radius 1 is 1.06 bits per heavy atom. The van der Waals surface area contributed by atoms with Gasteiger partial charge in [0.05, 0.1) is 23.9 Å². The highest BCUT2D eigenvalue weighted by Gasteiger charge is 2.42. The third-order valence-electron chi connectivity index (χ3n) is 10.7. The fourth-order valence-corrected chi connectivity index (χ4v) is 9.16. The average molecular weight is 657 g/mol. The van der Waals surface area contributed by atoms with Crippen LogP contribution in [0.25, 0.3) is 10.9 Å². The largest absolute Gasteiger partial charge is 0.393 e. The van der Waals surface area contributed by atoms with E-state index >= 15 is 0 Å². The maximum absolute atomic E-state index is 14.2. The van der Waals surface area contributed by atoms with Gasteiger partial charge >= 0.3 is 0 Å². The first-order valence-corrected chi connectivity index (χ1v) is 18.3. The van der Waals surface area contributed by atoms with Gasteiger partial charge < -0.3 is 14.4 Å². The average Bonchev–Trinajstić information content (AvgIpc) is 3.67. The number of anilines is 1. The van der Waals surface area contributed by atoms with Crippen LogP contribution in [0.3, 0.4) is 0 Å². The first kappa shape index (κ1) is 33.4. The lowest BCUT2D eigenvalue weighted by atomic mass is 9.74. The van der Waals surface area contributed by atoms with Crippen LogP contribution in [0.4, 0.5) is 5.69 Å². The number of carbonyl (C=O) groups excluding carboxylic acids is 1. The zero-order valence-corrected chi connectivity index (χ0v) is 29.1. The maximum atomic E-state index is 14.2. The summed E-state index contributed by atoms with van der Waals surface area (Å²) in [7, 11) is -2.10. The van der Waals surface area contributed by atoms with E-state index in [0.717, 1.165) is 41.3 Å². The lowest BCUT2D eigenvalue weighted by Crippen LogP contribution is -2.44. The van der Waals surface area contributed by atoms with Gasteiger partial charge in [-0.3, -0.25) is 9.10 Å². The molecule has 250 valence electrons. The molecule has 0 bridgehead atoms. The van der Waals surface area contributed by atoms with Gasteiger partial charge in [-0.1, -0.05) is 67.1 Å². The van der Waals surface area contributed by atoms with Gasteiger partial charge in [0.1, 0.15) is 4.75 Å². The molecule has 0 aliphatic carbocycles. The van der Waals surface area contributed by atoms with Crippen molar-refractivity contribution in [3.05, 3.63) is 101 Å². The Balaban J connectivity index is 1.32. The van der Waals surface area contributed by atoms with Gasteiger partial charge in [0.15, 0.2) is 5.78 Å². The van der Waals surface area contributed by atoms with Gasteiger partial charge in [-0.25, -0.2) is 8.42 Å². The SMILES string of the molecule is CCc1cn2c3c(cc(C(=O)C[C@@H](Cc4ccccc4)[C@H](O)CCC4(c5cccc(C)c5)CCOC4)cc13)N(C)S(=O)(=O)C(C)(C)C2. The summed E-state index contributed by atoms with van der Waals surface area (Å²) in [6.07, 6.45) is 5.03. The third kappa shape index (κ3) is 6.28. The van der Waals surface area contributed by atoms with E-state index in [2.05, 4.69) is 38.1 Å². The number of hydrogen-bond acceptors (Lipinski definition) is 5. The molecule has 3 aromatic carbocycles. The predicted molar refractivity (Wildman–Crippen MR) is 189 cm³/mol. The molecule has 2 aliphatic heterocycles. The van der Waals surface area contributed by atoms with E-state index in [0.29, 0.717) is 43.9 Å². The smallest absolute Gasteiger partial charge is 0.241 e. The number of sulfonamides is 1. The second kappa shape index (κ2) is 12.9. The minimum atomic E-state index is -3.70. The van der Waals surface area contributed by atoms with Crippen molar-refractivity contribution >= 4 is 32.4 Å². The molecule has 3 atom stereocenters. The quantitative estimate of drug-likeness (QED) is 0.176. The zero-order valence-electron chi connectivity index (χ0n) is 28.3. The van der Waals surface area contributed by atoms with Crippen LogP contribution >= 0.6 is 0 Å². The number of rotatable bonds is 11. The number of hydrogen-bond donors (Lipinski definition) is 1. The van der Waals surface area contributed by atoms with Crippen LogP contribution < -0.4 is 4.31 Å². The van der Waals surface area contributed by atoms with Gasteiger partial charge in [-0.15, -0.1) is 0 Å². The molecule has 1 unspecified atom stereocenters. The number of aliphatic hydroxyl groups is 1. The minimum Gasteiger partial charge on any atom is -0.393 e. The van der Waals surface area contributed by atoms with Crippen LogP contribution in [0.2, 0.25) is 0 Å². The Morgan fingerprint density at radius 3 is 2.51 bits per heavy atom. The molecule has 47 heavy (non-hydrogen) atoms. The van der Waals surface area contributed by atoms with E-state index in [1.54, 1.807) is 27.0 Å². The van der Waals surface area contributed by atoms with Crippen molar-refractivity contribution in [2.75, 3.05) is 24.6 Å². The Morgan fingerprint density at radius 2 is 1.83 bits per heavy atom. The number of carbonyl (C=O) groups is 1. The summed E-state index contributed by atoms with van der Waals surface area (Å²) in [6, 6.07) is 22.3. The second-order valence-electron chi connectivity index (χ2n) is 14.4. The number of benzene rings is 3. The molecule has 6 rings (SSSR count). The summed E-state index contributed by atoms with van der Waals surface area (Å²) in [6.45, 7) is 9.34. The minimum absolute atomic E-state index is 0.0927. The van der Waals surface area contributed by atoms with Crippen molar-refractivity contribution in [1.29, 1.82) is 0 Å². The molecule has 0 amide bonds. The molecule has 1 saturated heterocycles. The lowest BCUT2D eigenvalue weighted by molar-refractivity contribution is 0.0698. The molecule has 1 fully saturated rings. The van der Waals surface area contributed by atoms with E-state index in [9.17, 15) is 18.3 Å². The van der Waals surface area contributed by atoms with Crippen LogP contribution in [0.1, 0.15) is 79.1 Å². The summed E-state index contributed by atoms with van der Waals surface area (Å²) in [5.41, 5.74) is 6.30. The molecule has 0 radical (unpaired) electrons. The fraction of sp³-hybridized carbons (Fsp3) is 0.462. The molecule has 4 aromatic rings. The number of aromatic nitrogens is 1. The van der Waals surface area contributed by atoms with Crippen LogP contribution in [0.15, 0.2) is 72.9 Å². The summed E-state index contributed by atoms with van der Waals surface area (Å²) in [5, 5.41) is 12.7. The number of Topliss-reactive ketones (excluding diaryl/α,β-unsaturated/α-hetero) is 1. The van der Waals surface area contributed by atoms with E-state index in [1.807, 2.05) is 47.2 Å². The first-order chi connectivity index (χ1) is 22.3. The third-order valence-corrected chi connectivity index (χ3v) is 13.1. The molecule has 2 aliphatic rings. The van der Waals surface area contributed by atoms with Gasteiger partial charge in [-0.2, -0.15) is 0 Å². The van der Waals surface area contributed by atoms with E-state index in [4.69, 9.17) is 4.74 Å². The highest BCUT2D eigenvalue weighted by Crippen LogP contribution is 2.42. The van der Waals surface area contributed by atoms with Crippen molar-refractivity contribution < 1.29 is 23.1 Å². The Labute approximate surface area is 279 Å². The molecule has 0 spiro atoms. The number of ketones is 1. The van der Waals surface area contributed by atoms with Gasteiger partial charge in [-0.05, 0) is 87.6 Å². The second-order valence-corrected chi connectivity index (χ2v) is 17.0. The van der Waals surface area contributed by atoms with Crippen LogP contribution in [-0.2, 0) is 39.6 Å². The van der Waals surface area contributed by atoms with Crippen LogP contribution in [-0.4, -0.2) is 55.0 Å². The summed E-state index contributed by atoms with van der Waals surface area (Å²) < 4.78 is 35.6. The molecule has 0 saturated carbocycles. The molecule has 1 N–H and O–H groups in total. The normalized spacial score (nSPS) is 21.4. The maximum Gasteiger partial charge on any atom is 0.241 e. The highest BCUT2D eigenvalue weighted by molar-refractivity contribution is 7.94. The summed E-state index contributed by atoms with van der Waals surface area (Å²) in [5.74, 6) is -0.405. The molecule has 3 heterocycles. The predicted octanol–water partition coefficient (Wildman–Crippen LogP) is 7.00. The van der Waals surface area contributed by atoms with Crippen molar-refractivity contribution in [3.63, 3.8) is 0 Å². The Bertz CT molecular complexity index is 1870. The number of nitrogens with zero attached hydrogens (tertiary/aromatic N) is 2. The standard InChI is InChI=1S/C39H48N2O5S/c1-6-29-24-41-25-38(3,4)47(44,45)40(5)34-22-31(21-33(29)37(34)41)36(43)23-30(20-28-12-8-7-9-13-28)35(42)15-16-39(17-18-46-26-39)32-14-10-11-27(2)19-32/h7-14,19,21-22,24,30,35,42H,6,15-18,20,23,25-26H2,1-5H3/t30-,35-,39?/m1/s1.